The zero-order valence-corrected chi connectivity index (χ0v) is 13.5. The molecule has 0 unspecified atom stereocenters. The number of anilines is 1. The van der Waals surface area contributed by atoms with E-state index in [1.54, 1.807) is 19.2 Å². The minimum absolute atomic E-state index is 0.215. The van der Waals surface area contributed by atoms with Gasteiger partial charge in [0.1, 0.15) is 10.7 Å². The van der Waals surface area contributed by atoms with Crippen molar-refractivity contribution in [1.29, 1.82) is 0 Å². The monoisotopic (exact) mass is 312 g/mol. The van der Waals surface area contributed by atoms with Gasteiger partial charge in [0.2, 0.25) is 10.0 Å². The molecule has 1 fully saturated rings. The third-order valence-corrected chi connectivity index (χ3v) is 5.43. The number of rotatable bonds is 6. The summed E-state index contributed by atoms with van der Waals surface area (Å²) in [4.78, 5) is 6.65. The highest BCUT2D eigenvalue weighted by atomic mass is 32.2. The lowest BCUT2D eigenvalue weighted by Crippen LogP contribution is -2.38. The van der Waals surface area contributed by atoms with E-state index in [1.807, 2.05) is 0 Å². The fraction of sp³-hybridized carbons (Fsp3) is 0.643. The highest BCUT2D eigenvalue weighted by Crippen LogP contribution is 2.17. The van der Waals surface area contributed by atoms with E-state index in [0.29, 0.717) is 18.3 Å². The van der Waals surface area contributed by atoms with E-state index in [0.717, 1.165) is 32.5 Å². The van der Waals surface area contributed by atoms with Gasteiger partial charge in [-0.1, -0.05) is 6.92 Å². The Labute approximate surface area is 127 Å². The summed E-state index contributed by atoms with van der Waals surface area (Å²) in [6.45, 7) is 5.85. The molecule has 1 aliphatic heterocycles. The van der Waals surface area contributed by atoms with Crippen LogP contribution in [0.3, 0.4) is 0 Å². The number of hydrogen-bond donors (Lipinski definition) is 2. The molecular formula is C14H24N4O2S. The van der Waals surface area contributed by atoms with Gasteiger partial charge in [-0.25, -0.2) is 18.1 Å². The predicted molar refractivity (Wildman–Crippen MR) is 83.8 cm³/mol. The number of hydrogen-bond acceptors (Lipinski definition) is 5. The maximum absolute atomic E-state index is 12.2. The first-order chi connectivity index (χ1) is 10.0. The summed E-state index contributed by atoms with van der Waals surface area (Å²) in [5.74, 6) is 1.08. The number of sulfonamides is 1. The van der Waals surface area contributed by atoms with E-state index in [4.69, 9.17) is 0 Å². The van der Waals surface area contributed by atoms with Crippen LogP contribution in [0, 0.1) is 5.92 Å². The quantitative estimate of drug-likeness (QED) is 0.824. The Balaban J connectivity index is 1.89. The molecule has 1 aliphatic rings. The van der Waals surface area contributed by atoms with Crippen LogP contribution in [0.25, 0.3) is 0 Å². The smallest absolute Gasteiger partial charge is 0.242 e. The summed E-state index contributed by atoms with van der Waals surface area (Å²) >= 11 is 0. The second-order valence-corrected chi connectivity index (χ2v) is 7.13. The molecule has 6 nitrogen and oxygen atoms in total. The van der Waals surface area contributed by atoms with Gasteiger partial charge in [-0.05, 0) is 50.5 Å². The molecule has 0 atom stereocenters. The van der Waals surface area contributed by atoms with Gasteiger partial charge in [-0.3, -0.25) is 0 Å². The van der Waals surface area contributed by atoms with E-state index < -0.39 is 10.0 Å². The van der Waals surface area contributed by atoms with Crippen LogP contribution in [0.4, 0.5) is 5.82 Å². The van der Waals surface area contributed by atoms with Crippen molar-refractivity contribution in [2.45, 2.75) is 24.7 Å². The zero-order valence-electron chi connectivity index (χ0n) is 12.7. The van der Waals surface area contributed by atoms with Crippen LogP contribution in [0.1, 0.15) is 19.8 Å². The summed E-state index contributed by atoms with van der Waals surface area (Å²) in [5.41, 5.74) is 0. The Hall–Kier alpha value is -1.18. The zero-order chi connectivity index (χ0) is 15.3. The molecule has 1 saturated heterocycles. The summed E-state index contributed by atoms with van der Waals surface area (Å²) in [6.07, 6.45) is 3.48. The minimum atomic E-state index is -3.46. The molecule has 2 N–H and O–H groups in total. The van der Waals surface area contributed by atoms with E-state index in [9.17, 15) is 8.42 Å². The Kier molecular flexibility index (Phi) is 5.55. The van der Waals surface area contributed by atoms with Gasteiger partial charge < -0.3 is 10.2 Å². The fourth-order valence-corrected chi connectivity index (χ4v) is 3.57. The van der Waals surface area contributed by atoms with Crippen molar-refractivity contribution >= 4 is 15.8 Å². The number of nitrogens with zero attached hydrogens (tertiary/aromatic N) is 2. The van der Waals surface area contributed by atoms with Crippen LogP contribution in [0.2, 0.25) is 0 Å². The van der Waals surface area contributed by atoms with Crippen molar-refractivity contribution in [2.75, 3.05) is 38.5 Å². The standard InChI is InChI=1S/C14H24N4O2S/c1-3-18-8-6-12(7-9-18)10-17-21(19,20)13-4-5-14(15-2)16-11-13/h4-5,11-12,17H,3,6-10H2,1-2H3,(H,15,16). The topological polar surface area (TPSA) is 74.3 Å². The lowest BCUT2D eigenvalue weighted by Gasteiger charge is -2.30. The third kappa shape index (κ3) is 4.39. The largest absolute Gasteiger partial charge is 0.373 e. The second kappa shape index (κ2) is 7.20. The van der Waals surface area contributed by atoms with E-state index in [2.05, 4.69) is 26.8 Å². The average Bonchev–Trinajstić information content (AvgIpc) is 2.53. The van der Waals surface area contributed by atoms with Crippen molar-refractivity contribution < 1.29 is 8.42 Å². The number of aromatic nitrogens is 1. The number of likely N-dealkylation sites (tertiary alicyclic amines) is 1. The molecule has 2 heterocycles. The number of pyridine rings is 1. The molecule has 1 aromatic heterocycles. The summed E-state index contributed by atoms with van der Waals surface area (Å²) < 4.78 is 27.1. The Morgan fingerprint density at radius 1 is 1.33 bits per heavy atom. The summed E-state index contributed by atoms with van der Waals surface area (Å²) in [6, 6.07) is 3.23. The van der Waals surface area contributed by atoms with Crippen molar-refractivity contribution in [3.8, 4) is 0 Å². The molecular weight excluding hydrogens is 288 g/mol. The van der Waals surface area contributed by atoms with E-state index >= 15 is 0 Å². The van der Waals surface area contributed by atoms with Crippen LogP contribution in [0.15, 0.2) is 23.2 Å². The molecule has 0 aromatic carbocycles. The maximum atomic E-state index is 12.2. The highest BCUT2D eigenvalue weighted by molar-refractivity contribution is 7.89. The van der Waals surface area contributed by atoms with Gasteiger partial charge in [0.05, 0.1) is 0 Å². The van der Waals surface area contributed by atoms with Gasteiger partial charge in [-0.2, -0.15) is 0 Å². The normalized spacial score (nSPS) is 17.8. The molecule has 0 bridgehead atoms. The highest BCUT2D eigenvalue weighted by Gasteiger charge is 2.21. The first-order valence-electron chi connectivity index (χ1n) is 7.41. The van der Waals surface area contributed by atoms with Crippen LogP contribution in [-0.4, -0.2) is 51.5 Å². The van der Waals surface area contributed by atoms with Gasteiger partial charge in [-0.15, -0.1) is 0 Å². The van der Waals surface area contributed by atoms with Gasteiger partial charge in [0, 0.05) is 19.8 Å². The first kappa shape index (κ1) is 16.2. The molecule has 2 rings (SSSR count). The van der Waals surface area contributed by atoms with Crippen molar-refractivity contribution in [2.24, 2.45) is 5.92 Å². The molecule has 0 amide bonds. The lowest BCUT2D eigenvalue weighted by atomic mass is 9.97. The van der Waals surface area contributed by atoms with Crippen LogP contribution in [-0.2, 0) is 10.0 Å². The molecule has 0 spiro atoms. The van der Waals surface area contributed by atoms with Gasteiger partial charge >= 0.3 is 0 Å². The second-order valence-electron chi connectivity index (χ2n) is 5.36. The predicted octanol–water partition coefficient (Wildman–Crippen LogP) is 1.13. The van der Waals surface area contributed by atoms with Crippen molar-refractivity contribution in [3.05, 3.63) is 18.3 Å². The Morgan fingerprint density at radius 3 is 2.57 bits per heavy atom. The maximum Gasteiger partial charge on any atom is 0.242 e. The molecule has 1 aromatic rings. The molecule has 118 valence electrons. The molecule has 0 saturated carbocycles. The van der Waals surface area contributed by atoms with Crippen LogP contribution >= 0.6 is 0 Å². The minimum Gasteiger partial charge on any atom is -0.373 e. The Morgan fingerprint density at radius 2 is 2.05 bits per heavy atom. The fourth-order valence-electron chi connectivity index (χ4n) is 2.50. The molecule has 7 heteroatoms. The third-order valence-electron chi connectivity index (χ3n) is 4.02. The average molecular weight is 312 g/mol. The van der Waals surface area contributed by atoms with Crippen LogP contribution in [0.5, 0.6) is 0 Å². The Bertz CT molecular complexity index is 537. The first-order valence-corrected chi connectivity index (χ1v) is 8.89. The van der Waals surface area contributed by atoms with E-state index in [-0.39, 0.29) is 4.90 Å². The molecule has 21 heavy (non-hydrogen) atoms. The number of piperidine rings is 1. The molecule has 0 radical (unpaired) electrons. The SMILES string of the molecule is CCN1CCC(CNS(=O)(=O)c2ccc(NC)nc2)CC1. The summed E-state index contributed by atoms with van der Waals surface area (Å²) in [5, 5.41) is 2.87. The van der Waals surface area contributed by atoms with Gasteiger partial charge in [0.15, 0.2) is 0 Å². The summed E-state index contributed by atoms with van der Waals surface area (Å²) in [7, 11) is -1.71. The lowest BCUT2D eigenvalue weighted by molar-refractivity contribution is 0.194. The van der Waals surface area contributed by atoms with Crippen molar-refractivity contribution in [3.63, 3.8) is 0 Å². The van der Waals surface area contributed by atoms with Crippen molar-refractivity contribution in [1.82, 2.24) is 14.6 Å². The number of nitrogens with one attached hydrogen (secondary N) is 2. The van der Waals surface area contributed by atoms with Crippen LogP contribution < -0.4 is 10.0 Å². The van der Waals surface area contributed by atoms with Gasteiger partial charge in [0.25, 0.3) is 0 Å². The molecule has 0 aliphatic carbocycles. The van der Waals surface area contributed by atoms with E-state index in [1.165, 1.54) is 6.20 Å².